The van der Waals surface area contributed by atoms with Gasteiger partial charge in [-0.1, -0.05) is 81.4 Å². The number of aliphatic hydroxyl groups excluding tert-OH is 3. The molecule has 7 heteroatoms. The lowest BCUT2D eigenvalue weighted by atomic mass is 9.99. The molecule has 6 nitrogen and oxygen atoms in total. The fraction of sp³-hybridized carbons (Fsp3) is 0.478. The van der Waals surface area contributed by atoms with Crippen LogP contribution in [0.1, 0.15) is 20.8 Å². The van der Waals surface area contributed by atoms with Crippen LogP contribution in [0.25, 0.3) is 0 Å². The van der Waals surface area contributed by atoms with Crippen molar-refractivity contribution in [3.05, 3.63) is 60.7 Å². The first-order valence-electron chi connectivity index (χ1n) is 10.2. The minimum atomic E-state index is -2.81. The predicted molar refractivity (Wildman–Crippen MR) is 117 cm³/mol. The van der Waals surface area contributed by atoms with Gasteiger partial charge >= 0.3 is 0 Å². The summed E-state index contributed by atoms with van der Waals surface area (Å²) in [4.78, 5) is 0. The highest BCUT2D eigenvalue weighted by Gasteiger charge is 2.52. The Hall–Kier alpha value is -1.58. The monoisotopic (exact) mass is 432 g/mol. The van der Waals surface area contributed by atoms with E-state index in [1.807, 2.05) is 36.4 Å². The highest BCUT2D eigenvalue weighted by molar-refractivity contribution is 6.99. The van der Waals surface area contributed by atoms with Crippen molar-refractivity contribution in [2.75, 3.05) is 13.7 Å². The quantitative estimate of drug-likeness (QED) is 0.591. The van der Waals surface area contributed by atoms with Gasteiger partial charge < -0.3 is 29.2 Å². The molecule has 0 amide bonds. The standard InChI is InChI=1S/C23H32O6Si/c1-23(2,3)30(16-11-7-5-8-12-16,17-13-9-6-10-14-17)28-15-18-19(24)20(25)21(26)22(27-4)29-18/h5-14,18-22,24-26H,15H2,1-4H3/t18-,19+,20+,21-,22+/m1/s1. The first-order valence-corrected chi connectivity index (χ1v) is 12.1. The molecule has 1 fully saturated rings. The van der Waals surface area contributed by atoms with Gasteiger partial charge in [-0.2, -0.15) is 0 Å². The smallest absolute Gasteiger partial charge is 0.261 e. The second kappa shape index (κ2) is 9.28. The van der Waals surface area contributed by atoms with Gasteiger partial charge in [-0.3, -0.25) is 0 Å². The van der Waals surface area contributed by atoms with Crippen molar-refractivity contribution in [2.24, 2.45) is 0 Å². The van der Waals surface area contributed by atoms with Crippen molar-refractivity contribution in [3.8, 4) is 0 Å². The summed E-state index contributed by atoms with van der Waals surface area (Å²) in [5.41, 5.74) is 0. The molecule has 2 aromatic carbocycles. The fourth-order valence-electron chi connectivity index (χ4n) is 4.22. The van der Waals surface area contributed by atoms with Crippen molar-refractivity contribution in [3.63, 3.8) is 0 Å². The Morgan fingerprint density at radius 1 is 0.833 bits per heavy atom. The molecule has 3 N–H and O–H groups in total. The number of benzene rings is 2. The van der Waals surface area contributed by atoms with E-state index in [-0.39, 0.29) is 11.6 Å². The summed E-state index contributed by atoms with van der Waals surface area (Å²) in [7, 11) is -1.42. The molecule has 0 aromatic heterocycles. The summed E-state index contributed by atoms with van der Waals surface area (Å²) in [6, 6.07) is 20.3. The van der Waals surface area contributed by atoms with Crippen molar-refractivity contribution < 1.29 is 29.2 Å². The molecule has 0 saturated carbocycles. The van der Waals surface area contributed by atoms with Gasteiger partial charge in [-0.15, -0.1) is 0 Å². The maximum absolute atomic E-state index is 10.5. The second-order valence-electron chi connectivity index (χ2n) is 8.72. The van der Waals surface area contributed by atoms with E-state index in [1.54, 1.807) is 0 Å². The summed E-state index contributed by atoms with van der Waals surface area (Å²) in [6.07, 6.45) is -5.86. The largest absolute Gasteiger partial charge is 0.405 e. The lowest BCUT2D eigenvalue weighted by molar-refractivity contribution is -0.293. The van der Waals surface area contributed by atoms with Crippen LogP contribution in [0.3, 0.4) is 0 Å². The van der Waals surface area contributed by atoms with Crippen LogP contribution in [-0.2, 0) is 13.9 Å². The molecule has 3 rings (SSSR count). The topological polar surface area (TPSA) is 88.4 Å². The summed E-state index contributed by atoms with van der Waals surface area (Å²) >= 11 is 0. The van der Waals surface area contributed by atoms with E-state index in [9.17, 15) is 15.3 Å². The van der Waals surface area contributed by atoms with Gasteiger partial charge in [0.05, 0.1) is 6.61 Å². The van der Waals surface area contributed by atoms with Gasteiger partial charge in [0.2, 0.25) is 0 Å². The highest BCUT2D eigenvalue weighted by atomic mass is 28.4. The molecule has 2 aromatic rings. The number of methoxy groups -OCH3 is 1. The average molecular weight is 433 g/mol. The summed E-state index contributed by atoms with van der Waals surface area (Å²) in [5, 5.41) is 32.8. The predicted octanol–water partition coefficient (Wildman–Crippen LogP) is 1.02. The minimum absolute atomic E-state index is 0.0537. The number of ether oxygens (including phenoxy) is 2. The van der Waals surface area contributed by atoms with Gasteiger partial charge in [0.15, 0.2) is 6.29 Å². The number of rotatable bonds is 6. The molecule has 0 radical (unpaired) electrons. The zero-order valence-electron chi connectivity index (χ0n) is 17.9. The maximum atomic E-state index is 10.5. The molecule has 1 heterocycles. The van der Waals surface area contributed by atoms with E-state index in [0.29, 0.717) is 0 Å². The zero-order chi connectivity index (χ0) is 21.9. The molecule has 0 unspecified atom stereocenters. The molecule has 164 valence electrons. The SMILES string of the molecule is CO[C@H]1O[C@H](CO[Si](c2ccccc2)(c2ccccc2)C(C)(C)C)[C@H](O)[C@H](O)[C@H]1O. The number of hydrogen-bond donors (Lipinski definition) is 3. The van der Waals surface area contributed by atoms with Crippen LogP contribution in [0.15, 0.2) is 60.7 Å². The van der Waals surface area contributed by atoms with Gasteiger partial charge in [-0.25, -0.2) is 0 Å². The molecule has 1 aliphatic rings. The summed E-state index contributed by atoms with van der Waals surface area (Å²) in [6.45, 7) is 6.54. The molecular weight excluding hydrogens is 400 g/mol. The van der Waals surface area contributed by atoms with Crippen LogP contribution in [0.2, 0.25) is 5.04 Å². The Balaban J connectivity index is 2.00. The Morgan fingerprint density at radius 2 is 1.33 bits per heavy atom. The molecule has 30 heavy (non-hydrogen) atoms. The molecule has 5 atom stereocenters. The van der Waals surface area contributed by atoms with Crippen LogP contribution in [0.4, 0.5) is 0 Å². The van der Waals surface area contributed by atoms with E-state index < -0.39 is 39.0 Å². The third-order valence-corrected chi connectivity index (χ3v) is 10.8. The average Bonchev–Trinajstić information content (AvgIpc) is 2.74. The van der Waals surface area contributed by atoms with Gasteiger partial charge in [-0.05, 0) is 15.4 Å². The van der Waals surface area contributed by atoms with Crippen LogP contribution < -0.4 is 10.4 Å². The third kappa shape index (κ3) is 4.24. The normalized spacial score (nSPS) is 27.8. The first-order chi connectivity index (χ1) is 14.2. The van der Waals surface area contributed by atoms with Crippen LogP contribution in [0.5, 0.6) is 0 Å². The van der Waals surface area contributed by atoms with Gasteiger partial charge in [0.1, 0.15) is 24.4 Å². The molecule has 0 bridgehead atoms. The van der Waals surface area contributed by atoms with Gasteiger partial charge in [0, 0.05) is 7.11 Å². The van der Waals surface area contributed by atoms with Crippen LogP contribution in [-0.4, -0.2) is 68.1 Å². The Labute approximate surface area is 179 Å². The lowest BCUT2D eigenvalue weighted by Crippen LogP contribution is -2.68. The van der Waals surface area contributed by atoms with Crippen molar-refractivity contribution >= 4 is 18.7 Å². The van der Waals surface area contributed by atoms with E-state index in [4.69, 9.17) is 13.9 Å². The fourth-order valence-corrected chi connectivity index (χ4v) is 8.79. The highest BCUT2D eigenvalue weighted by Crippen LogP contribution is 2.37. The van der Waals surface area contributed by atoms with E-state index in [0.717, 1.165) is 10.4 Å². The molecular formula is C23H32O6Si. The Kier molecular flexibility index (Phi) is 7.14. The second-order valence-corrected chi connectivity index (χ2v) is 13.0. The zero-order valence-corrected chi connectivity index (χ0v) is 18.9. The molecule has 0 aliphatic carbocycles. The first kappa shape index (κ1) is 23.1. The molecule has 0 spiro atoms. The summed E-state index contributed by atoms with van der Waals surface area (Å²) < 4.78 is 17.6. The van der Waals surface area contributed by atoms with E-state index >= 15 is 0 Å². The number of aliphatic hydroxyl groups is 3. The van der Waals surface area contributed by atoms with E-state index in [2.05, 4.69) is 45.0 Å². The lowest BCUT2D eigenvalue weighted by Gasteiger charge is -2.45. The van der Waals surface area contributed by atoms with Crippen molar-refractivity contribution in [1.29, 1.82) is 0 Å². The van der Waals surface area contributed by atoms with Gasteiger partial charge in [0.25, 0.3) is 8.32 Å². The summed E-state index contributed by atoms with van der Waals surface area (Å²) in [5.74, 6) is 0. The van der Waals surface area contributed by atoms with Crippen LogP contribution in [0, 0.1) is 0 Å². The van der Waals surface area contributed by atoms with E-state index in [1.165, 1.54) is 7.11 Å². The Bertz CT molecular complexity index is 753. The molecule has 1 aliphatic heterocycles. The minimum Gasteiger partial charge on any atom is -0.405 e. The maximum Gasteiger partial charge on any atom is 0.261 e. The third-order valence-electron chi connectivity index (χ3n) is 5.78. The number of hydrogen-bond acceptors (Lipinski definition) is 6. The van der Waals surface area contributed by atoms with Crippen LogP contribution >= 0.6 is 0 Å². The van der Waals surface area contributed by atoms with Crippen molar-refractivity contribution in [1.82, 2.24) is 0 Å². The Morgan fingerprint density at radius 3 is 1.77 bits per heavy atom. The van der Waals surface area contributed by atoms with Crippen molar-refractivity contribution in [2.45, 2.75) is 56.5 Å². The molecule has 1 saturated heterocycles.